The molecular formula is C12H19NO2S. The van der Waals surface area contributed by atoms with Crippen LogP contribution in [0.1, 0.15) is 18.4 Å². The fourth-order valence-corrected chi connectivity index (χ4v) is 2.17. The van der Waals surface area contributed by atoms with Crippen molar-refractivity contribution in [1.82, 2.24) is 4.90 Å². The maximum absolute atomic E-state index is 10.9. The summed E-state index contributed by atoms with van der Waals surface area (Å²) in [6, 6.07) is 2.16. The number of hydrogen-bond acceptors (Lipinski definition) is 4. The maximum atomic E-state index is 10.9. The first-order chi connectivity index (χ1) is 7.72. The molecule has 0 saturated carbocycles. The number of esters is 1. The smallest absolute Gasteiger partial charge is 0.305 e. The molecule has 0 aliphatic carbocycles. The molecule has 1 heterocycles. The highest BCUT2D eigenvalue weighted by molar-refractivity contribution is 7.07. The normalized spacial score (nSPS) is 10.7. The highest BCUT2D eigenvalue weighted by Crippen LogP contribution is 2.07. The van der Waals surface area contributed by atoms with Crippen LogP contribution in [0.15, 0.2) is 16.8 Å². The standard InChI is InChI=1S/C12H19NO2S/c1-13(7-3-4-12(14)15-2)8-5-11-6-9-16-10-11/h6,9-10H,3-5,7-8H2,1-2H3. The van der Waals surface area contributed by atoms with E-state index in [9.17, 15) is 4.79 Å². The van der Waals surface area contributed by atoms with Gasteiger partial charge in [0.05, 0.1) is 7.11 Å². The molecule has 0 atom stereocenters. The fourth-order valence-electron chi connectivity index (χ4n) is 1.46. The average molecular weight is 241 g/mol. The van der Waals surface area contributed by atoms with E-state index in [1.807, 2.05) is 0 Å². The lowest BCUT2D eigenvalue weighted by molar-refractivity contribution is -0.140. The van der Waals surface area contributed by atoms with Crippen molar-refractivity contribution < 1.29 is 9.53 Å². The van der Waals surface area contributed by atoms with Gasteiger partial charge in [-0.05, 0) is 48.8 Å². The second kappa shape index (κ2) is 7.41. The lowest BCUT2D eigenvalue weighted by Crippen LogP contribution is -2.23. The van der Waals surface area contributed by atoms with E-state index in [-0.39, 0.29) is 5.97 Å². The van der Waals surface area contributed by atoms with Crippen LogP contribution >= 0.6 is 11.3 Å². The third-order valence-electron chi connectivity index (χ3n) is 2.51. The zero-order valence-electron chi connectivity index (χ0n) is 9.94. The Hall–Kier alpha value is -0.870. The van der Waals surface area contributed by atoms with Crippen molar-refractivity contribution in [3.63, 3.8) is 0 Å². The minimum absolute atomic E-state index is 0.119. The summed E-state index contributed by atoms with van der Waals surface area (Å²) in [7, 11) is 3.52. The quantitative estimate of drug-likeness (QED) is 0.685. The molecule has 1 aromatic heterocycles. The second-order valence-electron chi connectivity index (χ2n) is 3.86. The third kappa shape index (κ3) is 5.28. The van der Waals surface area contributed by atoms with Crippen LogP contribution in [-0.4, -0.2) is 38.1 Å². The SMILES string of the molecule is COC(=O)CCCN(C)CCc1ccsc1. The minimum Gasteiger partial charge on any atom is -0.469 e. The molecule has 0 aromatic carbocycles. The number of thiophene rings is 1. The van der Waals surface area contributed by atoms with Crippen LogP contribution in [0.2, 0.25) is 0 Å². The Bertz CT molecular complexity index is 298. The van der Waals surface area contributed by atoms with E-state index in [4.69, 9.17) is 0 Å². The highest BCUT2D eigenvalue weighted by Gasteiger charge is 2.03. The van der Waals surface area contributed by atoms with E-state index in [2.05, 4.69) is 33.5 Å². The molecule has 0 aliphatic heterocycles. The molecule has 0 fully saturated rings. The Morgan fingerprint density at radius 2 is 2.31 bits per heavy atom. The van der Waals surface area contributed by atoms with Crippen LogP contribution < -0.4 is 0 Å². The van der Waals surface area contributed by atoms with Gasteiger partial charge in [-0.15, -0.1) is 0 Å². The summed E-state index contributed by atoms with van der Waals surface area (Å²) in [5.74, 6) is -0.119. The van der Waals surface area contributed by atoms with Crippen molar-refractivity contribution in [2.75, 3.05) is 27.2 Å². The van der Waals surface area contributed by atoms with E-state index in [0.29, 0.717) is 6.42 Å². The van der Waals surface area contributed by atoms with Gasteiger partial charge in [-0.2, -0.15) is 11.3 Å². The lowest BCUT2D eigenvalue weighted by Gasteiger charge is -2.15. The van der Waals surface area contributed by atoms with Crippen LogP contribution in [0.4, 0.5) is 0 Å². The van der Waals surface area contributed by atoms with E-state index in [1.165, 1.54) is 12.7 Å². The minimum atomic E-state index is -0.119. The van der Waals surface area contributed by atoms with Gasteiger partial charge in [0.15, 0.2) is 0 Å². The Labute approximate surface area is 101 Å². The molecule has 0 radical (unpaired) electrons. The summed E-state index contributed by atoms with van der Waals surface area (Å²) in [5.41, 5.74) is 1.39. The first-order valence-electron chi connectivity index (χ1n) is 5.49. The fraction of sp³-hybridized carbons (Fsp3) is 0.583. The summed E-state index contributed by atoms with van der Waals surface area (Å²) in [5, 5.41) is 4.29. The number of rotatable bonds is 7. The molecule has 0 amide bonds. The number of carbonyl (C=O) groups is 1. The molecule has 1 rings (SSSR count). The van der Waals surface area contributed by atoms with Gasteiger partial charge in [0, 0.05) is 13.0 Å². The van der Waals surface area contributed by atoms with Gasteiger partial charge >= 0.3 is 5.97 Å². The van der Waals surface area contributed by atoms with Crippen molar-refractivity contribution >= 4 is 17.3 Å². The van der Waals surface area contributed by atoms with Crippen molar-refractivity contribution in [1.29, 1.82) is 0 Å². The summed E-state index contributed by atoms with van der Waals surface area (Å²) >= 11 is 1.74. The Morgan fingerprint density at radius 1 is 1.50 bits per heavy atom. The molecule has 0 aliphatic rings. The van der Waals surface area contributed by atoms with Crippen LogP contribution in [0, 0.1) is 0 Å². The molecule has 3 nitrogen and oxygen atoms in total. The van der Waals surface area contributed by atoms with Crippen LogP contribution in [-0.2, 0) is 16.0 Å². The topological polar surface area (TPSA) is 29.5 Å². The van der Waals surface area contributed by atoms with Gasteiger partial charge in [-0.1, -0.05) is 0 Å². The molecule has 0 bridgehead atoms. The molecule has 0 saturated heterocycles. The number of likely N-dealkylation sites (N-methyl/N-ethyl adjacent to an activating group) is 1. The largest absolute Gasteiger partial charge is 0.469 e. The van der Waals surface area contributed by atoms with Crippen LogP contribution in [0.25, 0.3) is 0 Å². The lowest BCUT2D eigenvalue weighted by atomic mass is 10.2. The summed E-state index contributed by atoms with van der Waals surface area (Å²) in [6.45, 7) is 1.98. The molecule has 0 N–H and O–H groups in total. The Kier molecular flexibility index (Phi) is 6.11. The number of ether oxygens (including phenoxy) is 1. The highest BCUT2D eigenvalue weighted by atomic mass is 32.1. The van der Waals surface area contributed by atoms with Gasteiger partial charge < -0.3 is 9.64 Å². The monoisotopic (exact) mass is 241 g/mol. The molecule has 90 valence electrons. The Balaban J connectivity index is 2.07. The van der Waals surface area contributed by atoms with E-state index in [0.717, 1.165) is 25.9 Å². The summed E-state index contributed by atoms with van der Waals surface area (Å²) < 4.78 is 4.59. The van der Waals surface area contributed by atoms with Crippen LogP contribution in [0.3, 0.4) is 0 Å². The molecule has 0 unspecified atom stereocenters. The first kappa shape index (κ1) is 13.2. The van der Waals surface area contributed by atoms with Gasteiger partial charge in [0.1, 0.15) is 0 Å². The first-order valence-corrected chi connectivity index (χ1v) is 6.43. The number of hydrogen-bond donors (Lipinski definition) is 0. The van der Waals surface area contributed by atoms with Crippen molar-refractivity contribution in [3.05, 3.63) is 22.4 Å². The van der Waals surface area contributed by atoms with E-state index in [1.54, 1.807) is 11.3 Å². The van der Waals surface area contributed by atoms with Crippen molar-refractivity contribution in [2.45, 2.75) is 19.3 Å². The zero-order chi connectivity index (χ0) is 11.8. The van der Waals surface area contributed by atoms with Gasteiger partial charge in [0.25, 0.3) is 0 Å². The number of nitrogens with zero attached hydrogens (tertiary/aromatic N) is 1. The Morgan fingerprint density at radius 3 is 2.94 bits per heavy atom. The predicted molar refractivity (Wildman–Crippen MR) is 66.8 cm³/mol. The van der Waals surface area contributed by atoms with Crippen molar-refractivity contribution in [2.24, 2.45) is 0 Å². The molecule has 16 heavy (non-hydrogen) atoms. The number of carbonyl (C=O) groups excluding carboxylic acids is 1. The van der Waals surface area contributed by atoms with Gasteiger partial charge in [-0.25, -0.2) is 0 Å². The average Bonchev–Trinajstić information content (AvgIpc) is 2.79. The molecule has 4 heteroatoms. The van der Waals surface area contributed by atoms with E-state index >= 15 is 0 Å². The predicted octanol–water partition coefficient (Wildman–Crippen LogP) is 2.18. The third-order valence-corrected chi connectivity index (χ3v) is 3.24. The van der Waals surface area contributed by atoms with Gasteiger partial charge in [0.2, 0.25) is 0 Å². The maximum Gasteiger partial charge on any atom is 0.305 e. The zero-order valence-corrected chi connectivity index (χ0v) is 10.8. The second-order valence-corrected chi connectivity index (χ2v) is 4.64. The molecular weight excluding hydrogens is 222 g/mol. The van der Waals surface area contributed by atoms with Gasteiger partial charge in [-0.3, -0.25) is 4.79 Å². The summed E-state index contributed by atoms with van der Waals surface area (Å²) in [6.07, 6.45) is 2.46. The molecule has 0 spiro atoms. The van der Waals surface area contributed by atoms with E-state index < -0.39 is 0 Å². The van der Waals surface area contributed by atoms with Crippen LogP contribution in [0.5, 0.6) is 0 Å². The molecule has 1 aromatic rings. The van der Waals surface area contributed by atoms with Crippen molar-refractivity contribution in [3.8, 4) is 0 Å². The number of methoxy groups -OCH3 is 1. The summed E-state index contributed by atoms with van der Waals surface area (Å²) in [4.78, 5) is 13.1.